The Bertz CT molecular complexity index is 798. The highest BCUT2D eigenvalue weighted by molar-refractivity contribution is 9.10. The Morgan fingerprint density at radius 3 is 2.70 bits per heavy atom. The molecule has 0 spiro atoms. The first kappa shape index (κ1) is 14.5. The normalized spacial score (nSPS) is 24.7. The van der Waals surface area contributed by atoms with E-state index in [2.05, 4.69) is 45.5 Å². The lowest BCUT2D eigenvalue weighted by molar-refractivity contribution is -0.254. The van der Waals surface area contributed by atoms with Crippen molar-refractivity contribution in [3.05, 3.63) is 75.8 Å². The van der Waals surface area contributed by atoms with Crippen LogP contribution in [0.3, 0.4) is 0 Å². The number of nitrogens with one attached hydrogen (secondary N) is 1. The molecule has 1 aliphatic heterocycles. The monoisotopic (exact) mass is 368 g/mol. The summed E-state index contributed by atoms with van der Waals surface area (Å²) < 4.78 is 1.04. The molecule has 0 aromatic heterocycles. The maximum absolute atomic E-state index is 11.5. The number of carbonyl (C=O) groups is 1. The molecule has 3 atom stereocenters. The van der Waals surface area contributed by atoms with Crippen LogP contribution < -0.4 is 10.4 Å². The first-order valence-electron chi connectivity index (χ1n) is 7.68. The number of hydrogen-bond acceptors (Lipinski definition) is 3. The molecule has 0 fully saturated rings. The van der Waals surface area contributed by atoms with E-state index in [-0.39, 0.29) is 17.5 Å². The predicted octanol–water partition coefficient (Wildman–Crippen LogP) is 3.64. The predicted molar refractivity (Wildman–Crippen MR) is 91.3 cm³/mol. The average molecular weight is 369 g/mol. The van der Waals surface area contributed by atoms with Crippen LogP contribution in [0, 0.1) is 5.92 Å². The van der Waals surface area contributed by atoms with Crippen molar-refractivity contribution in [1.82, 2.24) is 0 Å². The molecule has 4 heteroatoms. The van der Waals surface area contributed by atoms with Crippen LogP contribution in [0.15, 0.2) is 59.1 Å². The van der Waals surface area contributed by atoms with Crippen molar-refractivity contribution in [2.75, 3.05) is 5.32 Å². The van der Waals surface area contributed by atoms with Gasteiger partial charge in [-0.15, -0.1) is 0 Å². The number of rotatable bonds is 2. The minimum atomic E-state index is -1.13. The summed E-state index contributed by atoms with van der Waals surface area (Å²) in [6, 6.07) is 13.7. The zero-order valence-corrected chi connectivity index (χ0v) is 13.9. The van der Waals surface area contributed by atoms with Crippen molar-refractivity contribution < 1.29 is 9.90 Å². The number of halogens is 1. The highest BCUT2D eigenvalue weighted by Crippen LogP contribution is 2.50. The van der Waals surface area contributed by atoms with E-state index in [1.807, 2.05) is 18.2 Å². The van der Waals surface area contributed by atoms with Crippen LogP contribution in [0.4, 0.5) is 5.69 Å². The van der Waals surface area contributed by atoms with Crippen LogP contribution >= 0.6 is 15.9 Å². The zero-order valence-electron chi connectivity index (χ0n) is 12.3. The van der Waals surface area contributed by atoms with Crippen molar-refractivity contribution in [2.24, 2.45) is 5.92 Å². The number of carboxylic acid groups (broad SMARTS) is 1. The Morgan fingerprint density at radius 1 is 1.17 bits per heavy atom. The number of fused-ring (bicyclic) bond motifs is 3. The molecule has 1 aliphatic carbocycles. The summed E-state index contributed by atoms with van der Waals surface area (Å²) in [5.74, 6) is -0.482. The highest BCUT2D eigenvalue weighted by atomic mass is 79.9. The quantitative estimate of drug-likeness (QED) is 0.823. The second-order valence-electron chi connectivity index (χ2n) is 6.08. The Balaban J connectivity index is 1.83. The fourth-order valence-electron chi connectivity index (χ4n) is 3.79. The number of carbonyl (C=O) groups excluding carboxylic acids is 1. The topological polar surface area (TPSA) is 52.2 Å². The van der Waals surface area contributed by atoms with E-state index in [0.29, 0.717) is 11.6 Å². The van der Waals surface area contributed by atoms with E-state index in [0.717, 1.165) is 16.5 Å². The number of para-hydroxylation sites is 1. The lowest BCUT2D eigenvalue weighted by atomic mass is 9.76. The van der Waals surface area contributed by atoms with Gasteiger partial charge in [0, 0.05) is 21.6 Å². The van der Waals surface area contributed by atoms with Crippen LogP contribution in [0.2, 0.25) is 0 Å². The molecular formula is C19H15BrNO2-. The van der Waals surface area contributed by atoms with Gasteiger partial charge in [0.25, 0.3) is 0 Å². The lowest BCUT2D eigenvalue weighted by Crippen LogP contribution is -2.32. The Kier molecular flexibility index (Phi) is 3.49. The number of benzene rings is 2. The van der Waals surface area contributed by atoms with E-state index < -0.39 is 5.97 Å². The van der Waals surface area contributed by atoms with Crippen LogP contribution in [0.1, 0.15) is 39.9 Å². The average Bonchev–Trinajstić information content (AvgIpc) is 3.04. The molecule has 0 saturated heterocycles. The van der Waals surface area contributed by atoms with Gasteiger partial charge in [-0.05, 0) is 35.6 Å². The lowest BCUT2D eigenvalue weighted by Gasteiger charge is -2.38. The largest absolute Gasteiger partial charge is 0.545 e. The molecule has 0 unspecified atom stereocenters. The summed E-state index contributed by atoms with van der Waals surface area (Å²) in [6.07, 6.45) is 5.40. The Hall–Kier alpha value is -2.07. The number of carboxylic acids is 1. The SMILES string of the molecule is O=C([O-])c1cccc2c1N[C@@H](c1ccc(Br)cc1)[C@H]1CC=C[C@H]21. The van der Waals surface area contributed by atoms with Gasteiger partial charge in [-0.25, -0.2) is 0 Å². The van der Waals surface area contributed by atoms with Gasteiger partial charge in [-0.2, -0.15) is 0 Å². The first-order valence-corrected chi connectivity index (χ1v) is 8.47. The molecule has 3 nitrogen and oxygen atoms in total. The molecular weight excluding hydrogens is 354 g/mol. The molecule has 0 amide bonds. The molecule has 0 bridgehead atoms. The molecule has 2 aliphatic rings. The minimum absolute atomic E-state index is 0.0936. The fraction of sp³-hybridized carbons (Fsp3) is 0.211. The van der Waals surface area contributed by atoms with Crippen LogP contribution in [0.25, 0.3) is 0 Å². The van der Waals surface area contributed by atoms with E-state index >= 15 is 0 Å². The van der Waals surface area contributed by atoms with Crippen LogP contribution in [-0.2, 0) is 0 Å². The van der Waals surface area contributed by atoms with Crippen molar-refractivity contribution in [3.8, 4) is 0 Å². The molecule has 1 N–H and O–H groups in total. The van der Waals surface area contributed by atoms with Gasteiger partial charge >= 0.3 is 0 Å². The van der Waals surface area contributed by atoms with Crippen molar-refractivity contribution in [3.63, 3.8) is 0 Å². The van der Waals surface area contributed by atoms with Crippen LogP contribution in [0.5, 0.6) is 0 Å². The number of allylic oxidation sites excluding steroid dienone is 2. The maximum atomic E-state index is 11.5. The van der Waals surface area contributed by atoms with Gasteiger partial charge in [0.15, 0.2) is 0 Å². The van der Waals surface area contributed by atoms with E-state index in [4.69, 9.17) is 0 Å². The third kappa shape index (κ3) is 2.38. The van der Waals surface area contributed by atoms with Crippen LogP contribution in [-0.4, -0.2) is 5.97 Å². The third-order valence-corrected chi connectivity index (χ3v) is 5.37. The van der Waals surface area contributed by atoms with E-state index in [1.54, 1.807) is 12.1 Å². The fourth-order valence-corrected chi connectivity index (χ4v) is 4.06. The molecule has 0 radical (unpaired) electrons. The van der Waals surface area contributed by atoms with E-state index in [1.165, 1.54) is 5.56 Å². The highest BCUT2D eigenvalue weighted by Gasteiger charge is 2.38. The molecule has 2 aromatic carbocycles. The number of anilines is 1. The Labute approximate surface area is 143 Å². The summed E-state index contributed by atoms with van der Waals surface area (Å²) in [5.41, 5.74) is 3.17. The third-order valence-electron chi connectivity index (χ3n) is 4.85. The van der Waals surface area contributed by atoms with Gasteiger partial charge in [0.1, 0.15) is 0 Å². The summed E-state index contributed by atoms with van der Waals surface area (Å²) >= 11 is 3.46. The summed E-state index contributed by atoms with van der Waals surface area (Å²) in [4.78, 5) is 11.5. The molecule has 0 saturated carbocycles. The summed E-state index contributed by atoms with van der Waals surface area (Å²) in [7, 11) is 0. The van der Waals surface area contributed by atoms with Crippen molar-refractivity contribution >= 4 is 27.6 Å². The maximum Gasteiger partial charge on any atom is 0.0736 e. The molecule has 116 valence electrons. The summed E-state index contributed by atoms with van der Waals surface area (Å²) in [5, 5.41) is 15.0. The Morgan fingerprint density at radius 2 is 1.96 bits per heavy atom. The first-order chi connectivity index (χ1) is 11.1. The molecule has 1 heterocycles. The standard InChI is InChI=1S/C19H16BrNO2/c20-12-9-7-11(8-10-12)17-14-4-1-3-13(14)15-5-2-6-16(19(22)23)18(15)21-17/h1-3,5-10,13-14,17,21H,4H2,(H,22,23)/p-1/t13-,14-,17-/m0/s1. The van der Waals surface area contributed by atoms with Crippen molar-refractivity contribution in [1.29, 1.82) is 0 Å². The second-order valence-corrected chi connectivity index (χ2v) is 7.00. The minimum Gasteiger partial charge on any atom is -0.545 e. The zero-order chi connectivity index (χ0) is 16.0. The van der Waals surface area contributed by atoms with Gasteiger partial charge in [-0.1, -0.05) is 58.4 Å². The van der Waals surface area contributed by atoms with Crippen molar-refractivity contribution in [2.45, 2.75) is 18.4 Å². The molecule has 2 aromatic rings. The van der Waals surface area contributed by atoms with Gasteiger partial charge < -0.3 is 15.2 Å². The van der Waals surface area contributed by atoms with E-state index in [9.17, 15) is 9.90 Å². The molecule has 23 heavy (non-hydrogen) atoms. The number of aromatic carboxylic acids is 1. The van der Waals surface area contributed by atoms with Gasteiger partial charge in [0.2, 0.25) is 0 Å². The van der Waals surface area contributed by atoms with Gasteiger partial charge in [0.05, 0.1) is 12.0 Å². The van der Waals surface area contributed by atoms with Gasteiger partial charge in [-0.3, -0.25) is 0 Å². The summed E-state index contributed by atoms with van der Waals surface area (Å²) in [6.45, 7) is 0. The molecule has 4 rings (SSSR count). The number of hydrogen-bond donors (Lipinski definition) is 1. The second kappa shape index (κ2) is 5.53. The smallest absolute Gasteiger partial charge is 0.0736 e.